The summed E-state index contributed by atoms with van der Waals surface area (Å²) in [4.78, 5) is 24.4. The van der Waals surface area contributed by atoms with Crippen molar-refractivity contribution in [1.29, 1.82) is 0 Å². The predicted octanol–water partition coefficient (Wildman–Crippen LogP) is 3.27. The van der Waals surface area contributed by atoms with Crippen molar-refractivity contribution in [3.63, 3.8) is 0 Å². The number of carbonyl (C=O) groups excluding carboxylic acids is 1. The van der Waals surface area contributed by atoms with Crippen LogP contribution in [-0.2, 0) is 14.3 Å². The van der Waals surface area contributed by atoms with E-state index in [1.165, 1.54) is 19.3 Å². The molecule has 2 saturated carbocycles. The van der Waals surface area contributed by atoms with Gasteiger partial charge in [0.1, 0.15) is 0 Å². The van der Waals surface area contributed by atoms with Gasteiger partial charge in [0.2, 0.25) is 5.60 Å². The summed E-state index contributed by atoms with van der Waals surface area (Å²) < 4.78 is 5.67. The fourth-order valence-electron chi connectivity index (χ4n) is 3.80. The summed E-state index contributed by atoms with van der Waals surface area (Å²) in [5.74, 6) is -1.31. The van der Waals surface area contributed by atoms with Gasteiger partial charge in [-0.3, -0.25) is 4.79 Å². The van der Waals surface area contributed by atoms with Crippen molar-refractivity contribution in [2.45, 2.75) is 95.5 Å². The second kappa shape index (κ2) is 10.4. The maximum absolute atomic E-state index is 12.6. The van der Waals surface area contributed by atoms with E-state index in [9.17, 15) is 14.7 Å². The van der Waals surface area contributed by atoms with Crippen molar-refractivity contribution in [1.82, 2.24) is 0 Å². The molecule has 0 aliphatic heterocycles. The molecule has 2 rings (SSSR count). The second-order valence-electron chi connectivity index (χ2n) is 7.03. The number of rotatable bonds is 3. The number of hydrogen-bond donors (Lipinski definition) is 1. The topological polar surface area (TPSA) is 63.6 Å². The third-order valence-electron chi connectivity index (χ3n) is 5.29. The third kappa shape index (κ3) is 6.18. The van der Waals surface area contributed by atoms with Gasteiger partial charge in [0.25, 0.3) is 0 Å². The number of aliphatic carboxylic acids is 1. The van der Waals surface area contributed by atoms with Crippen LogP contribution in [0.25, 0.3) is 0 Å². The maximum atomic E-state index is 12.6. The standard InChI is InChI=1S/C18H30O4.Ga.3H/c19-16(15-11-7-3-1-4-8-12-15)22-18(17(20)21)13-9-5-2-6-10-14-18;;;;/h15H,1-14H2,(H,20,21);;;;. The van der Waals surface area contributed by atoms with E-state index in [1.54, 1.807) is 0 Å². The number of carboxylic acid groups (broad SMARTS) is 1. The molecule has 0 aromatic carbocycles. The van der Waals surface area contributed by atoms with E-state index in [2.05, 4.69) is 0 Å². The molecule has 5 heteroatoms. The Bertz CT molecular complexity index is 367. The molecule has 0 unspecified atom stereocenters. The summed E-state index contributed by atoms with van der Waals surface area (Å²) in [6.45, 7) is 0. The van der Waals surface area contributed by atoms with E-state index in [0.29, 0.717) is 12.8 Å². The normalized spacial score (nSPS) is 23.3. The summed E-state index contributed by atoms with van der Waals surface area (Å²) in [7, 11) is 0. The number of carbonyl (C=O) groups is 2. The van der Waals surface area contributed by atoms with Gasteiger partial charge >= 0.3 is 31.7 Å². The summed E-state index contributed by atoms with van der Waals surface area (Å²) >= 11 is 0. The number of esters is 1. The molecule has 2 fully saturated rings. The predicted molar refractivity (Wildman–Crippen MR) is 94.5 cm³/mol. The van der Waals surface area contributed by atoms with Crippen LogP contribution in [0.1, 0.15) is 89.9 Å². The van der Waals surface area contributed by atoms with Gasteiger partial charge in [-0.2, -0.15) is 0 Å². The first-order chi connectivity index (χ1) is 10.6. The van der Waals surface area contributed by atoms with Crippen LogP contribution in [0, 0.1) is 5.92 Å². The third-order valence-corrected chi connectivity index (χ3v) is 5.29. The van der Waals surface area contributed by atoms with Crippen LogP contribution in [0.3, 0.4) is 0 Å². The number of hydrogen-bond acceptors (Lipinski definition) is 3. The van der Waals surface area contributed by atoms with Gasteiger partial charge in [-0.15, -0.1) is 0 Å². The number of carboxylic acids is 1. The fraction of sp³-hybridized carbons (Fsp3) is 0.889. The van der Waals surface area contributed by atoms with Crippen LogP contribution < -0.4 is 0 Å². The van der Waals surface area contributed by atoms with Crippen LogP contribution in [-0.4, -0.2) is 42.4 Å². The van der Waals surface area contributed by atoms with Crippen molar-refractivity contribution in [2.75, 3.05) is 0 Å². The summed E-state index contributed by atoms with van der Waals surface area (Å²) in [5, 5.41) is 9.68. The molecule has 2 aliphatic carbocycles. The van der Waals surface area contributed by atoms with E-state index < -0.39 is 11.6 Å². The fourth-order valence-corrected chi connectivity index (χ4v) is 3.80. The van der Waals surface area contributed by atoms with Crippen LogP contribution in [0.5, 0.6) is 0 Å². The molecule has 0 saturated heterocycles. The minimum atomic E-state index is -1.26. The molecular weight excluding hydrogens is 350 g/mol. The van der Waals surface area contributed by atoms with Gasteiger partial charge in [-0.25, -0.2) is 4.79 Å². The Morgan fingerprint density at radius 3 is 1.70 bits per heavy atom. The summed E-state index contributed by atoms with van der Waals surface area (Å²) in [6, 6.07) is 0. The Hall–Kier alpha value is -0.424. The van der Waals surface area contributed by atoms with Gasteiger partial charge in [0.15, 0.2) is 0 Å². The van der Waals surface area contributed by atoms with Crippen molar-refractivity contribution in [2.24, 2.45) is 5.92 Å². The molecule has 0 heterocycles. The van der Waals surface area contributed by atoms with Gasteiger partial charge in [-0.1, -0.05) is 51.4 Å². The average Bonchev–Trinajstić information content (AvgIpc) is 2.41. The zero-order valence-corrected chi connectivity index (χ0v) is 13.6. The zero-order chi connectivity index (χ0) is 15.8. The van der Waals surface area contributed by atoms with Gasteiger partial charge < -0.3 is 9.84 Å². The Labute approximate surface area is 152 Å². The first kappa shape index (κ1) is 20.6. The van der Waals surface area contributed by atoms with Gasteiger partial charge in [-0.05, 0) is 38.5 Å². The molecule has 1 N–H and O–H groups in total. The molecule has 0 amide bonds. The number of ether oxygens (including phenoxy) is 1. The quantitative estimate of drug-likeness (QED) is 0.600. The van der Waals surface area contributed by atoms with Crippen LogP contribution in [0.2, 0.25) is 0 Å². The van der Waals surface area contributed by atoms with E-state index >= 15 is 0 Å². The van der Waals surface area contributed by atoms with Crippen LogP contribution >= 0.6 is 0 Å². The van der Waals surface area contributed by atoms with E-state index in [-0.39, 0.29) is 31.7 Å². The SMILES string of the molecule is O=C(OC1(C(=O)O)CCCCCCC1)C1CCCCCCC1.[GaH3]. The van der Waals surface area contributed by atoms with Gasteiger partial charge in [0.05, 0.1) is 5.92 Å². The first-order valence-corrected chi connectivity index (χ1v) is 9.10. The Morgan fingerprint density at radius 1 is 0.783 bits per heavy atom. The Morgan fingerprint density at radius 2 is 1.22 bits per heavy atom. The molecule has 4 nitrogen and oxygen atoms in total. The van der Waals surface area contributed by atoms with Gasteiger partial charge in [0, 0.05) is 0 Å². The van der Waals surface area contributed by atoms with Crippen molar-refractivity contribution < 1.29 is 19.4 Å². The van der Waals surface area contributed by atoms with Crippen LogP contribution in [0.15, 0.2) is 0 Å². The molecule has 23 heavy (non-hydrogen) atoms. The summed E-state index contributed by atoms with van der Waals surface area (Å²) in [5.41, 5.74) is -1.26. The van der Waals surface area contributed by atoms with E-state index in [4.69, 9.17) is 4.74 Å². The van der Waals surface area contributed by atoms with Crippen molar-refractivity contribution in [3.05, 3.63) is 0 Å². The van der Waals surface area contributed by atoms with E-state index in [0.717, 1.165) is 57.8 Å². The molecular formula is C18H33GaO4. The molecule has 0 aromatic rings. The molecule has 0 aromatic heterocycles. The van der Waals surface area contributed by atoms with Crippen molar-refractivity contribution >= 4 is 31.7 Å². The molecule has 2 aliphatic rings. The summed E-state index contributed by atoms with van der Waals surface area (Å²) in [6.07, 6.45) is 13.3. The average molecular weight is 383 g/mol. The monoisotopic (exact) mass is 382 g/mol. The molecule has 0 radical (unpaired) electrons. The first-order valence-electron chi connectivity index (χ1n) is 9.10. The molecule has 0 bridgehead atoms. The zero-order valence-electron chi connectivity index (χ0n) is 13.6. The van der Waals surface area contributed by atoms with Crippen molar-refractivity contribution in [3.8, 4) is 0 Å². The molecule has 0 spiro atoms. The Balaban J connectivity index is 0.00000264. The minimum absolute atomic E-state index is 0. The second-order valence-corrected chi connectivity index (χ2v) is 7.03. The van der Waals surface area contributed by atoms with Crippen LogP contribution in [0.4, 0.5) is 0 Å². The molecule has 132 valence electrons. The molecule has 0 atom stereocenters. The Kier molecular flexibility index (Phi) is 9.36. The van der Waals surface area contributed by atoms with E-state index in [1.807, 2.05) is 0 Å².